The number of rotatable bonds is 5. The zero-order valence-corrected chi connectivity index (χ0v) is 16.8. The average molecular weight is 377 g/mol. The van der Waals surface area contributed by atoms with Crippen LogP contribution in [0.5, 0.6) is 0 Å². The molecule has 0 unspecified atom stereocenters. The minimum atomic E-state index is 0.169. The number of likely N-dealkylation sites (tertiary alicyclic amines) is 1. The van der Waals surface area contributed by atoms with Crippen LogP contribution in [0.15, 0.2) is 42.5 Å². The van der Waals surface area contributed by atoms with Crippen LogP contribution in [0.1, 0.15) is 50.2 Å². The molecule has 1 saturated heterocycles. The van der Waals surface area contributed by atoms with E-state index >= 15 is 0 Å². The number of amides is 1. The molecule has 1 amide bonds. The first kappa shape index (κ1) is 18.9. The lowest BCUT2D eigenvalue weighted by Gasteiger charge is -2.33. The molecule has 2 aliphatic heterocycles. The van der Waals surface area contributed by atoms with Crippen LogP contribution < -0.4 is 0 Å². The maximum Gasteiger partial charge on any atom is 0.254 e. The topological polar surface area (TPSA) is 40.6 Å². The Labute approximate surface area is 167 Å². The molecule has 0 saturated carbocycles. The fourth-order valence-electron chi connectivity index (χ4n) is 4.52. The van der Waals surface area contributed by atoms with Gasteiger partial charge in [-0.15, -0.1) is 0 Å². The molecule has 4 rings (SSSR count). The quantitative estimate of drug-likeness (QED) is 0.744. The van der Waals surface area contributed by atoms with E-state index in [0.29, 0.717) is 12.5 Å². The Morgan fingerprint density at radius 1 is 1.07 bits per heavy atom. The van der Waals surface area contributed by atoms with E-state index < -0.39 is 0 Å². The Morgan fingerprint density at radius 2 is 1.82 bits per heavy atom. The standard InChI is InChI=1S/C24H28N2O2/c1-17-7-8-21(18(2)13-17)23(27)16-25-11-9-19(10-12-25)14-26-15-20-5-3-4-6-22(20)24(26)28/h3-8,13,19H,9-12,14-16H2,1-2H3. The van der Waals surface area contributed by atoms with Gasteiger partial charge in [-0.3, -0.25) is 14.5 Å². The summed E-state index contributed by atoms with van der Waals surface area (Å²) in [5, 5.41) is 0. The second-order valence-corrected chi connectivity index (χ2v) is 8.30. The Kier molecular flexibility index (Phi) is 5.31. The SMILES string of the molecule is Cc1ccc(C(=O)CN2CCC(CN3Cc4ccccc4C3=O)CC2)c(C)c1. The van der Waals surface area contributed by atoms with Crippen LogP contribution in [0.3, 0.4) is 0 Å². The van der Waals surface area contributed by atoms with Crippen LogP contribution in [0.25, 0.3) is 0 Å². The number of carbonyl (C=O) groups excluding carboxylic acids is 2. The molecule has 2 aliphatic rings. The fourth-order valence-corrected chi connectivity index (χ4v) is 4.52. The number of benzene rings is 2. The molecule has 2 heterocycles. The van der Waals surface area contributed by atoms with Crippen LogP contribution in [-0.2, 0) is 6.54 Å². The van der Waals surface area contributed by atoms with Crippen molar-refractivity contribution in [3.8, 4) is 0 Å². The van der Waals surface area contributed by atoms with Gasteiger partial charge < -0.3 is 4.90 Å². The predicted octanol–water partition coefficient (Wildman–Crippen LogP) is 3.85. The molecular weight excluding hydrogens is 348 g/mol. The van der Waals surface area contributed by atoms with E-state index in [1.165, 1.54) is 5.56 Å². The Hall–Kier alpha value is -2.46. The van der Waals surface area contributed by atoms with Crippen LogP contribution in [0.4, 0.5) is 0 Å². The minimum Gasteiger partial charge on any atom is -0.334 e. The monoisotopic (exact) mass is 376 g/mol. The van der Waals surface area contributed by atoms with Gasteiger partial charge in [-0.05, 0) is 62.9 Å². The molecule has 0 radical (unpaired) electrons. The molecular formula is C24H28N2O2. The molecule has 2 aromatic rings. The number of hydrogen-bond acceptors (Lipinski definition) is 3. The molecule has 1 fully saturated rings. The predicted molar refractivity (Wildman–Crippen MR) is 111 cm³/mol. The van der Waals surface area contributed by atoms with Crippen molar-refractivity contribution in [3.63, 3.8) is 0 Å². The summed E-state index contributed by atoms with van der Waals surface area (Å²) >= 11 is 0. The highest BCUT2D eigenvalue weighted by Gasteiger charge is 2.30. The number of aryl methyl sites for hydroxylation is 2. The smallest absolute Gasteiger partial charge is 0.254 e. The first-order valence-corrected chi connectivity index (χ1v) is 10.2. The van der Waals surface area contributed by atoms with Crippen LogP contribution in [0.2, 0.25) is 0 Å². The van der Waals surface area contributed by atoms with E-state index in [1.807, 2.05) is 42.2 Å². The van der Waals surface area contributed by atoms with Gasteiger partial charge >= 0.3 is 0 Å². The summed E-state index contributed by atoms with van der Waals surface area (Å²) in [4.78, 5) is 29.5. The van der Waals surface area contributed by atoms with Gasteiger partial charge in [0.25, 0.3) is 5.91 Å². The molecule has 0 atom stereocenters. The van der Waals surface area contributed by atoms with Gasteiger partial charge in [0.2, 0.25) is 0 Å². The van der Waals surface area contributed by atoms with Crippen molar-refractivity contribution < 1.29 is 9.59 Å². The molecule has 0 N–H and O–H groups in total. The molecule has 28 heavy (non-hydrogen) atoms. The van der Waals surface area contributed by atoms with Gasteiger partial charge in [0, 0.05) is 24.2 Å². The van der Waals surface area contributed by atoms with Gasteiger partial charge in [0.15, 0.2) is 5.78 Å². The van der Waals surface area contributed by atoms with Crippen LogP contribution >= 0.6 is 0 Å². The van der Waals surface area contributed by atoms with E-state index in [1.54, 1.807) is 0 Å². The van der Waals surface area contributed by atoms with Gasteiger partial charge in [-0.2, -0.15) is 0 Å². The normalized spacial score (nSPS) is 17.8. The summed E-state index contributed by atoms with van der Waals surface area (Å²) in [6.07, 6.45) is 2.08. The third-order valence-electron chi connectivity index (χ3n) is 6.13. The van der Waals surface area contributed by atoms with Crippen molar-refractivity contribution in [2.45, 2.75) is 33.2 Å². The Morgan fingerprint density at radius 3 is 2.54 bits per heavy atom. The lowest BCUT2D eigenvalue weighted by Crippen LogP contribution is -2.41. The highest BCUT2D eigenvalue weighted by atomic mass is 16.2. The highest BCUT2D eigenvalue weighted by Crippen LogP contribution is 2.26. The van der Waals surface area contributed by atoms with Gasteiger partial charge in [-0.1, -0.05) is 42.0 Å². The number of carbonyl (C=O) groups is 2. The van der Waals surface area contributed by atoms with E-state index in [9.17, 15) is 9.59 Å². The molecule has 0 bridgehead atoms. The van der Waals surface area contributed by atoms with E-state index in [4.69, 9.17) is 0 Å². The maximum atomic E-state index is 12.7. The summed E-state index contributed by atoms with van der Waals surface area (Å²) in [5.41, 5.74) is 5.09. The van der Waals surface area contributed by atoms with Crippen molar-refractivity contribution in [1.29, 1.82) is 0 Å². The summed E-state index contributed by atoms with van der Waals surface area (Å²) < 4.78 is 0. The lowest BCUT2D eigenvalue weighted by molar-refractivity contribution is 0.0707. The fraction of sp³-hybridized carbons (Fsp3) is 0.417. The van der Waals surface area contributed by atoms with Crippen molar-refractivity contribution in [2.24, 2.45) is 5.92 Å². The average Bonchev–Trinajstić information content (AvgIpc) is 2.99. The number of nitrogens with zero attached hydrogens (tertiary/aromatic N) is 2. The molecule has 0 aromatic heterocycles. The summed E-state index contributed by atoms with van der Waals surface area (Å²) in [5.74, 6) is 0.898. The zero-order chi connectivity index (χ0) is 19.7. The van der Waals surface area contributed by atoms with Crippen molar-refractivity contribution in [1.82, 2.24) is 9.80 Å². The summed E-state index contributed by atoms with van der Waals surface area (Å²) in [7, 11) is 0. The zero-order valence-electron chi connectivity index (χ0n) is 16.8. The number of ketones is 1. The van der Waals surface area contributed by atoms with E-state index in [2.05, 4.69) is 24.0 Å². The molecule has 4 heteroatoms. The maximum absolute atomic E-state index is 12.7. The Balaban J connectivity index is 1.28. The van der Waals surface area contributed by atoms with Crippen LogP contribution in [-0.4, -0.2) is 47.7 Å². The molecule has 0 spiro atoms. The third-order valence-corrected chi connectivity index (χ3v) is 6.13. The number of Topliss-reactive ketones (excluding diaryl/α,β-unsaturated/α-hetero) is 1. The minimum absolute atomic E-state index is 0.169. The molecule has 146 valence electrons. The second kappa shape index (κ2) is 7.88. The summed E-state index contributed by atoms with van der Waals surface area (Å²) in [6, 6.07) is 14.0. The van der Waals surface area contributed by atoms with E-state index in [-0.39, 0.29) is 11.7 Å². The number of fused-ring (bicyclic) bond motifs is 1. The third kappa shape index (κ3) is 3.88. The van der Waals surface area contributed by atoms with Crippen molar-refractivity contribution in [3.05, 3.63) is 70.3 Å². The number of piperidine rings is 1. The Bertz CT molecular complexity index is 897. The summed E-state index contributed by atoms with van der Waals surface area (Å²) in [6.45, 7) is 7.97. The molecule has 0 aliphatic carbocycles. The van der Waals surface area contributed by atoms with Gasteiger partial charge in [0.1, 0.15) is 0 Å². The first-order chi connectivity index (χ1) is 13.5. The molecule has 2 aromatic carbocycles. The van der Waals surface area contributed by atoms with E-state index in [0.717, 1.165) is 61.3 Å². The second-order valence-electron chi connectivity index (χ2n) is 8.30. The lowest BCUT2D eigenvalue weighted by atomic mass is 9.95. The first-order valence-electron chi connectivity index (χ1n) is 10.2. The van der Waals surface area contributed by atoms with Crippen molar-refractivity contribution >= 4 is 11.7 Å². The molecule has 4 nitrogen and oxygen atoms in total. The van der Waals surface area contributed by atoms with Gasteiger partial charge in [-0.25, -0.2) is 0 Å². The van der Waals surface area contributed by atoms with Gasteiger partial charge in [0.05, 0.1) is 6.54 Å². The van der Waals surface area contributed by atoms with Crippen LogP contribution in [0, 0.1) is 19.8 Å². The highest BCUT2D eigenvalue weighted by molar-refractivity contribution is 5.99. The van der Waals surface area contributed by atoms with Crippen molar-refractivity contribution in [2.75, 3.05) is 26.2 Å². The largest absolute Gasteiger partial charge is 0.334 e. The number of hydrogen-bond donors (Lipinski definition) is 0.